The number of rotatable bonds is 3. The monoisotopic (exact) mass is 163 g/mol. The Labute approximate surface area is 60.0 Å². The summed E-state index contributed by atoms with van der Waals surface area (Å²) in [6.45, 7) is 4.36. The highest BCUT2D eigenvalue weighted by atomic mass is 32.2. The van der Waals surface area contributed by atoms with Crippen LogP contribution < -0.4 is 4.72 Å². The molecule has 0 aliphatic heterocycles. The maximum atomic E-state index is 10.6. The molecule has 58 valence electrons. The van der Waals surface area contributed by atoms with Gasteiger partial charge in [0.05, 0.1) is 5.75 Å². The molecule has 0 atom stereocenters. The van der Waals surface area contributed by atoms with Crippen molar-refractivity contribution in [1.29, 1.82) is 0 Å². The molecule has 0 aliphatic rings. The minimum Gasteiger partial charge on any atom is -0.274 e. The molecular weight excluding hydrogens is 154 g/mol. The van der Waals surface area contributed by atoms with Gasteiger partial charge in [-0.1, -0.05) is 6.08 Å². The molecule has 0 saturated carbocycles. The fourth-order valence-corrected chi connectivity index (χ4v) is 1.25. The van der Waals surface area contributed by atoms with E-state index in [1.54, 1.807) is 4.72 Å². The number of hydrogen-bond acceptors (Lipinski definition) is 3. The van der Waals surface area contributed by atoms with Crippen molar-refractivity contribution in [2.24, 2.45) is 0 Å². The summed E-state index contributed by atoms with van der Waals surface area (Å²) in [5.74, 6) is -0.811. The number of carbonyl (C=O) groups is 1. The summed E-state index contributed by atoms with van der Waals surface area (Å²) in [6.07, 6.45) is 1.21. The Morgan fingerprint density at radius 1 is 1.70 bits per heavy atom. The number of hydrogen-bond donors (Lipinski definition) is 1. The topological polar surface area (TPSA) is 63.2 Å². The van der Waals surface area contributed by atoms with Crippen molar-refractivity contribution >= 4 is 15.9 Å². The first kappa shape index (κ1) is 9.16. The van der Waals surface area contributed by atoms with Crippen molar-refractivity contribution in [2.45, 2.75) is 6.92 Å². The molecule has 0 spiro atoms. The molecule has 0 radical (unpaired) electrons. The van der Waals surface area contributed by atoms with Crippen molar-refractivity contribution in [1.82, 2.24) is 4.72 Å². The van der Waals surface area contributed by atoms with E-state index in [1.165, 1.54) is 6.08 Å². The van der Waals surface area contributed by atoms with E-state index in [-0.39, 0.29) is 5.75 Å². The lowest BCUT2D eigenvalue weighted by Gasteiger charge is -1.98. The van der Waals surface area contributed by atoms with Gasteiger partial charge in [-0.15, -0.1) is 6.58 Å². The molecule has 0 heterocycles. The van der Waals surface area contributed by atoms with Gasteiger partial charge in [0, 0.05) is 6.92 Å². The molecular formula is C5H9NO3S. The van der Waals surface area contributed by atoms with E-state index in [4.69, 9.17) is 0 Å². The highest BCUT2D eigenvalue weighted by Crippen LogP contribution is 1.82. The second-order valence-electron chi connectivity index (χ2n) is 1.73. The molecule has 0 aliphatic carbocycles. The first-order valence-corrected chi connectivity index (χ1v) is 4.25. The van der Waals surface area contributed by atoms with Crippen molar-refractivity contribution < 1.29 is 13.2 Å². The lowest BCUT2D eigenvalue weighted by molar-refractivity contribution is -0.117. The van der Waals surface area contributed by atoms with Gasteiger partial charge >= 0.3 is 0 Å². The largest absolute Gasteiger partial charge is 0.274 e. The summed E-state index contributed by atoms with van der Waals surface area (Å²) in [6, 6.07) is 0. The molecule has 0 aromatic carbocycles. The molecule has 4 nitrogen and oxygen atoms in total. The third-order valence-corrected chi connectivity index (χ3v) is 1.91. The van der Waals surface area contributed by atoms with Crippen LogP contribution in [0, 0.1) is 0 Å². The van der Waals surface area contributed by atoms with Gasteiger partial charge in [-0.05, 0) is 0 Å². The molecule has 0 aromatic rings. The Morgan fingerprint density at radius 2 is 2.20 bits per heavy atom. The maximum Gasteiger partial charge on any atom is 0.238 e. The fraction of sp³-hybridized carbons (Fsp3) is 0.400. The predicted octanol–water partition coefficient (Wildman–Crippen LogP) is -0.362. The number of nitrogens with one attached hydrogen (secondary N) is 1. The van der Waals surface area contributed by atoms with Crippen LogP contribution in [0.25, 0.3) is 0 Å². The number of sulfonamides is 1. The van der Waals surface area contributed by atoms with Crippen molar-refractivity contribution in [3.05, 3.63) is 12.7 Å². The number of amides is 1. The van der Waals surface area contributed by atoms with Crippen LogP contribution in [-0.2, 0) is 14.8 Å². The van der Waals surface area contributed by atoms with Gasteiger partial charge in [-0.3, -0.25) is 9.52 Å². The molecule has 0 rings (SSSR count). The first-order valence-electron chi connectivity index (χ1n) is 2.60. The Kier molecular flexibility index (Phi) is 3.08. The summed E-state index contributed by atoms with van der Waals surface area (Å²) in [5, 5.41) is 0. The van der Waals surface area contributed by atoms with Gasteiger partial charge in [0.2, 0.25) is 15.9 Å². The van der Waals surface area contributed by atoms with Gasteiger partial charge in [0.25, 0.3) is 0 Å². The smallest absolute Gasteiger partial charge is 0.238 e. The molecule has 1 amide bonds. The number of carbonyl (C=O) groups excluding carboxylic acids is 1. The normalized spacial score (nSPS) is 10.5. The second kappa shape index (κ2) is 3.36. The molecule has 0 bridgehead atoms. The van der Waals surface area contributed by atoms with Gasteiger partial charge in [0.15, 0.2) is 0 Å². The van der Waals surface area contributed by atoms with Crippen molar-refractivity contribution in [3.8, 4) is 0 Å². The molecule has 0 aromatic heterocycles. The third kappa shape index (κ3) is 4.08. The lowest BCUT2D eigenvalue weighted by atomic mass is 10.8. The summed E-state index contributed by atoms with van der Waals surface area (Å²) in [4.78, 5) is 10.2. The molecule has 0 saturated heterocycles. The standard InChI is InChI=1S/C5H9NO3S/c1-3-4-10(8,9)6-5(2)7/h3H,1,4H2,2H3,(H,6,7). The van der Waals surface area contributed by atoms with Crippen LogP contribution in [0.4, 0.5) is 0 Å². The zero-order valence-electron chi connectivity index (χ0n) is 5.62. The van der Waals surface area contributed by atoms with E-state index in [0.29, 0.717) is 0 Å². The van der Waals surface area contributed by atoms with Crippen LogP contribution in [0.1, 0.15) is 6.92 Å². The molecule has 0 unspecified atom stereocenters. The highest BCUT2D eigenvalue weighted by molar-refractivity contribution is 7.90. The van der Waals surface area contributed by atoms with Crippen LogP contribution in [0.2, 0.25) is 0 Å². The maximum absolute atomic E-state index is 10.6. The molecule has 1 N–H and O–H groups in total. The zero-order chi connectivity index (χ0) is 8.20. The average Bonchev–Trinajstić information content (AvgIpc) is 1.59. The summed E-state index contributed by atoms with van der Waals surface area (Å²) in [7, 11) is -3.45. The van der Waals surface area contributed by atoms with Crippen LogP contribution >= 0.6 is 0 Å². The SMILES string of the molecule is C=CCS(=O)(=O)NC(C)=O. The fourth-order valence-electron chi connectivity index (χ4n) is 0.416. The quantitative estimate of drug-likeness (QED) is 0.578. The molecule has 0 fully saturated rings. The Morgan fingerprint density at radius 3 is 2.50 bits per heavy atom. The Balaban J connectivity index is 4.14. The van der Waals surface area contributed by atoms with Crippen LogP contribution in [0.3, 0.4) is 0 Å². The predicted molar refractivity (Wildman–Crippen MR) is 37.8 cm³/mol. The third-order valence-electron chi connectivity index (χ3n) is 0.636. The Bertz CT molecular complexity index is 229. The first-order chi connectivity index (χ1) is 4.48. The minimum absolute atomic E-state index is 0.230. The van der Waals surface area contributed by atoms with Crippen LogP contribution in [-0.4, -0.2) is 20.1 Å². The summed E-state index contributed by atoms with van der Waals surface area (Å²) >= 11 is 0. The van der Waals surface area contributed by atoms with E-state index in [9.17, 15) is 13.2 Å². The van der Waals surface area contributed by atoms with Gasteiger partial charge < -0.3 is 0 Å². The zero-order valence-corrected chi connectivity index (χ0v) is 6.44. The Hall–Kier alpha value is -0.840. The lowest BCUT2D eigenvalue weighted by Crippen LogP contribution is -2.29. The van der Waals surface area contributed by atoms with Crippen LogP contribution in [0.5, 0.6) is 0 Å². The van der Waals surface area contributed by atoms with Gasteiger partial charge in [-0.25, -0.2) is 8.42 Å². The minimum atomic E-state index is -3.45. The average molecular weight is 163 g/mol. The highest BCUT2D eigenvalue weighted by Gasteiger charge is 2.07. The van der Waals surface area contributed by atoms with E-state index < -0.39 is 15.9 Å². The van der Waals surface area contributed by atoms with Gasteiger partial charge in [0.1, 0.15) is 0 Å². The van der Waals surface area contributed by atoms with E-state index in [1.807, 2.05) is 0 Å². The van der Waals surface area contributed by atoms with Crippen molar-refractivity contribution in [2.75, 3.05) is 5.75 Å². The summed E-state index contributed by atoms with van der Waals surface area (Å²) < 4.78 is 23.1. The molecule has 5 heteroatoms. The van der Waals surface area contributed by atoms with Gasteiger partial charge in [-0.2, -0.15) is 0 Å². The van der Waals surface area contributed by atoms with E-state index >= 15 is 0 Å². The van der Waals surface area contributed by atoms with Crippen LogP contribution in [0.15, 0.2) is 12.7 Å². The second-order valence-corrected chi connectivity index (χ2v) is 3.50. The van der Waals surface area contributed by atoms with E-state index in [2.05, 4.69) is 6.58 Å². The van der Waals surface area contributed by atoms with E-state index in [0.717, 1.165) is 6.92 Å². The molecule has 10 heavy (non-hydrogen) atoms. The van der Waals surface area contributed by atoms with Crippen molar-refractivity contribution in [3.63, 3.8) is 0 Å². The summed E-state index contributed by atoms with van der Waals surface area (Å²) in [5.41, 5.74) is 0.